The zero-order chi connectivity index (χ0) is 13.1. The van der Waals surface area contributed by atoms with Crippen molar-refractivity contribution in [1.29, 1.82) is 0 Å². The number of hydrogen-bond acceptors (Lipinski definition) is 2. The minimum atomic E-state index is -0.217. The Labute approximate surface area is 106 Å². The smallest absolute Gasteiger partial charge is 0.227 e. The molecule has 0 spiro atoms. The number of carbonyl (C=O) groups is 1. The van der Waals surface area contributed by atoms with Gasteiger partial charge in [-0.25, -0.2) is 0 Å². The van der Waals surface area contributed by atoms with Gasteiger partial charge in [0, 0.05) is 13.1 Å². The van der Waals surface area contributed by atoms with E-state index in [0.29, 0.717) is 5.92 Å². The molecule has 1 fully saturated rings. The van der Waals surface area contributed by atoms with Crippen LogP contribution in [0.25, 0.3) is 0 Å². The Hall–Kier alpha value is -0.570. The fraction of sp³-hybridized carbons (Fsp3) is 0.929. The lowest BCUT2D eigenvalue weighted by Gasteiger charge is -2.35. The number of amides is 1. The van der Waals surface area contributed by atoms with Gasteiger partial charge in [-0.15, -0.1) is 0 Å². The van der Waals surface area contributed by atoms with Crippen molar-refractivity contribution in [2.75, 3.05) is 19.6 Å². The highest BCUT2D eigenvalue weighted by atomic mass is 16.2. The molecule has 2 N–H and O–H groups in total. The second kappa shape index (κ2) is 5.38. The molecule has 1 amide bonds. The maximum absolute atomic E-state index is 12.2. The van der Waals surface area contributed by atoms with E-state index in [9.17, 15) is 4.79 Å². The Morgan fingerprint density at radius 1 is 1.47 bits per heavy atom. The van der Waals surface area contributed by atoms with Crippen LogP contribution in [-0.4, -0.2) is 25.5 Å². The van der Waals surface area contributed by atoms with E-state index in [1.165, 1.54) is 0 Å². The molecule has 0 aromatic rings. The first-order valence-corrected chi connectivity index (χ1v) is 6.77. The van der Waals surface area contributed by atoms with E-state index in [1.807, 2.05) is 0 Å². The van der Waals surface area contributed by atoms with Crippen LogP contribution in [0.5, 0.6) is 0 Å². The maximum Gasteiger partial charge on any atom is 0.227 e. The minimum absolute atomic E-state index is 0.161. The van der Waals surface area contributed by atoms with Gasteiger partial charge in [0.15, 0.2) is 0 Å². The van der Waals surface area contributed by atoms with Gasteiger partial charge >= 0.3 is 0 Å². The molecule has 1 rings (SSSR count). The lowest BCUT2D eigenvalue weighted by atomic mass is 9.79. The molecule has 1 heterocycles. The van der Waals surface area contributed by atoms with Gasteiger partial charge in [-0.1, -0.05) is 27.7 Å². The molecule has 1 atom stereocenters. The molecule has 0 bridgehead atoms. The van der Waals surface area contributed by atoms with Crippen molar-refractivity contribution in [3.63, 3.8) is 0 Å². The number of piperidine rings is 1. The van der Waals surface area contributed by atoms with Gasteiger partial charge in [0.2, 0.25) is 5.91 Å². The first-order chi connectivity index (χ1) is 7.78. The summed E-state index contributed by atoms with van der Waals surface area (Å²) in [6, 6.07) is 0. The van der Waals surface area contributed by atoms with Crippen LogP contribution in [0.4, 0.5) is 0 Å². The minimum Gasteiger partial charge on any atom is -0.355 e. The van der Waals surface area contributed by atoms with Gasteiger partial charge in [0.05, 0.1) is 5.41 Å². The summed E-state index contributed by atoms with van der Waals surface area (Å²) in [5.41, 5.74) is -0.0561. The monoisotopic (exact) mass is 240 g/mol. The second-order valence-corrected chi connectivity index (χ2v) is 6.67. The van der Waals surface area contributed by atoms with Crippen molar-refractivity contribution < 1.29 is 4.79 Å². The summed E-state index contributed by atoms with van der Waals surface area (Å²) in [6.07, 6.45) is 2.09. The fourth-order valence-electron chi connectivity index (χ4n) is 1.98. The van der Waals surface area contributed by atoms with E-state index in [0.717, 1.165) is 32.5 Å². The number of nitrogens with one attached hydrogen (secondary N) is 2. The van der Waals surface area contributed by atoms with Crippen molar-refractivity contribution in [2.24, 2.45) is 16.7 Å². The number of hydrogen-bond donors (Lipinski definition) is 2. The molecule has 1 aliphatic heterocycles. The highest BCUT2D eigenvalue weighted by Gasteiger charge is 2.35. The molecule has 3 nitrogen and oxygen atoms in total. The van der Waals surface area contributed by atoms with E-state index < -0.39 is 0 Å². The Bertz CT molecular complexity index is 265. The van der Waals surface area contributed by atoms with Gasteiger partial charge in [-0.05, 0) is 37.6 Å². The van der Waals surface area contributed by atoms with Gasteiger partial charge in [0.1, 0.15) is 0 Å². The van der Waals surface area contributed by atoms with Crippen LogP contribution in [0.1, 0.15) is 47.5 Å². The molecule has 0 saturated carbocycles. The van der Waals surface area contributed by atoms with Crippen molar-refractivity contribution in [3.8, 4) is 0 Å². The topological polar surface area (TPSA) is 41.1 Å². The van der Waals surface area contributed by atoms with Crippen LogP contribution < -0.4 is 10.6 Å². The van der Waals surface area contributed by atoms with E-state index in [4.69, 9.17) is 0 Å². The standard InChI is InChI=1S/C14H28N2O/c1-11(2)13(3,4)9-16-12(17)14(5)7-6-8-15-10-14/h11,15H,6-10H2,1-5H3,(H,16,17). The van der Waals surface area contributed by atoms with Crippen LogP contribution in [0.3, 0.4) is 0 Å². The lowest BCUT2D eigenvalue weighted by Crippen LogP contribution is -2.50. The van der Waals surface area contributed by atoms with E-state index in [2.05, 4.69) is 45.3 Å². The second-order valence-electron chi connectivity index (χ2n) is 6.67. The molecule has 1 aliphatic rings. The van der Waals surface area contributed by atoms with Crippen LogP contribution in [-0.2, 0) is 4.79 Å². The Balaban J connectivity index is 2.49. The molecule has 0 aromatic heterocycles. The summed E-state index contributed by atoms with van der Waals surface area (Å²) < 4.78 is 0. The van der Waals surface area contributed by atoms with E-state index in [-0.39, 0.29) is 16.7 Å². The summed E-state index contributed by atoms with van der Waals surface area (Å²) in [5.74, 6) is 0.776. The zero-order valence-corrected chi connectivity index (χ0v) is 12.0. The Kier molecular flexibility index (Phi) is 4.59. The van der Waals surface area contributed by atoms with Crippen molar-refractivity contribution in [3.05, 3.63) is 0 Å². The normalized spacial score (nSPS) is 26.0. The molecular formula is C14H28N2O. The lowest BCUT2D eigenvalue weighted by molar-refractivity contribution is -0.131. The van der Waals surface area contributed by atoms with Crippen LogP contribution in [0, 0.1) is 16.7 Å². The summed E-state index contributed by atoms with van der Waals surface area (Å²) >= 11 is 0. The summed E-state index contributed by atoms with van der Waals surface area (Å²) in [5, 5.41) is 6.45. The third-order valence-corrected chi connectivity index (χ3v) is 4.41. The predicted molar refractivity (Wildman–Crippen MR) is 71.8 cm³/mol. The first kappa shape index (κ1) is 14.5. The average Bonchev–Trinajstić information content (AvgIpc) is 2.26. The van der Waals surface area contributed by atoms with Crippen LogP contribution in [0.15, 0.2) is 0 Å². The van der Waals surface area contributed by atoms with Crippen molar-refractivity contribution in [1.82, 2.24) is 10.6 Å². The molecule has 17 heavy (non-hydrogen) atoms. The van der Waals surface area contributed by atoms with Crippen LogP contribution >= 0.6 is 0 Å². The third-order valence-electron chi connectivity index (χ3n) is 4.41. The van der Waals surface area contributed by atoms with Gasteiger partial charge in [-0.3, -0.25) is 4.79 Å². The molecule has 0 aromatic carbocycles. The first-order valence-electron chi connectivity index (χ1n) is 6.77. The maximum atomic E-state index is 12.2. The number of rotatable bonds is 4. The largest absolute Gasteiger partial charge is 0.355 e. The zero-order valence-electron chi connectivity index (χ0n) is 12.0. The molecule has 3 heteroatoms. The predicted octanol–water partition coefficient (Wildman–Crippen LogP) is 2.17. The third kappa shape index (κ3) is 3.70. The van der Waals surface area contributed by atoms with Crippen molar-refractivity contribution >= 4 is 5.91 Å². The van der Waals surface area contributed by atoms with Gasteiger partial charge in [0.25, 0.3) is 0 Å². The SMILES string of the molecule is CC(C)C(C)(C)CNC(=O)C1(C)CCCNC1. The molecule has 100 valence electrons. The molecule has 1 unspecified atom stereocenters. The summed E-state index contributed by atoms with van der Waals surface area (Å²) in [7, 11) is 0. The van der Waals surface area contributed by atoms with E-state index >= 15 is 0 Å². The highest BCUT2D eigenvalue weighted by Crippen LogP contribution is 2.28. The van der Waals surface area contributed by atoms with Crippen molar-refractivity contribution in [2.45, 2.75) is 47.5 Å². The van der Waals surface area contributed by atoms with Gasteiger partial charge < -0.3 is 10.6 Å². The Morgan fingerprint density at radius 3 is 2.59 bits per heavy atom. The fourth-order valence-corrected chi connectivity index (χ4v) is 1.98. The quantitative estimate of drug-likeness (QED) is 0.791. The molecule has 1 saturated heterocycles. The van der Waals surface area contributed by atoms with E-state index in [1.54, 1.807) is 0 Å². The molecule has 0 aliphatic carbocycles. The van der Waals surface area contributed by atoms with Crippen LogP contribution in [0.2, 0.25) is 0 Å². The molecular weight excluding hydrogens is 212 g/mol. The summed E-state index contributed by atoms with van der Waals surface area (Å²) in [4.78, 5) is 12.2. The number of carbonyl (C=O) groups excluding carboxylic acids is 1. The highest BCUT2D eigenvalue weighted by molar-refractivity contribution is 5.82. The average molecular weight is 240 g/mol. The Morgan fingerprint density at radius 2 is 2.12 bits per heavy atom. The molecule has 0 radical (unpaired) electrons. The summed E-state index contributed by atoms with van der Waals surface area (Å²) in [6.45, 7) is 13.5. The van der Waals surface area contributed by atoms with Gasteiger partial charge in [-0.2, -0.15) is 0 Å².